The number of hydrogen-bond acceptors (Lipinski definition) is 6. The fraction of sp³-hybridized carbons (Fsp3) is 0.250. The van der Waals surface area contributed by atoms with Crippen LogP contribution in [0.2, 0.25) is 0 Å². The van der Waals surface area contributed by atoms with Crippen molar-refractivity contribution in [3.8, 4) is 11.6 Å². The molecular weight excluding hydrogens is 370 g/mol. The molecule has 1 fully saturated rings. The molecule has 0 N–H and O–H groups in total. The Labute approximate surface area is 166 Å². The van der Waals surface area contributed by atoms with Gasteiger partial charge < -0.3 is 9.64 Å². The molecule has 9 nitrogen and oxygen atoms in total. The predicted molar refractivity (Wildman–Crippen MR) is 104 cm³/mol. The Hall–Kier alpha value is -3.75. The molecule has 0 bridgehead atoms. The van der Waals surface area contributed by atoms with E-state index in [9.17, 15) is 4.79 Å². The lowest BCUT2D eigenvalue weighted by molar-refractivity contribution is 0.0150. The van der Waals surface area contributed by atoms with Gasteiger partial charge in [-0.2, -0.15) is 19.7 Å². The predicted octanol–water partition coefficient (Wildman–Crippen LogP) is 1.83. The van der Waals surface area contributed by atoms with Crippen molar-refractivity contribution >= 4 is 11.7 Å². The second kappa shape index (κ2) is 6.69. The molecule has 1 amide bonds. The third kappa shape index (κ3) is 3.00. The van der Waals surface area contributed by atoms with Gasteiger partial charge in [0, 0.05) is 11.8 Å². The topological polar surface area (TPSA) is 90.4 Å². The minimum atomic E-state index is -0.0994. The van der Waals surface area contributed by atoms with E-state index in [1.54, 1.807) is 20.3 Å². The van der Waals surface area contributed by atoms with Crippen molar-refractivity contribution in [2.45, 2.75) is 20.0 Å². The molecule has 29 heavy (non-hydrogen) atoms. The van der Waals surface area contributed by atoms with Crippen LogP contribution >= 0.6 is 0 Å². The highest BCUT2D eigenvalue weighted by Gasteiger charge is 2.35. The maximum atomic E-state index is 12.9. The van der Waals surface area contributed by atoms with E-state index < -0.39 is 0 Å². The Morgan fingerprint density at radius 1 is 1.14 bits per heavy atom. The van der Waals surface area contributed by atoms with Crippen molar-refractivity contribution in [3.63, 3.8) is 0 Å². The number of para-hydroxylation sites is 1. The van der Waals surface area contributed by atoms with Crippen molar-refractivity contribution in [1.82, 2.24) is 34.3 Å². The molecule has 0 saturated carbocycles. The number of carbonyl (C=O) groups is 1. The van der Waals surface area contributed by atoms with Gasteiger partial charge in [-0.3, -0.25) is 4.79 Å². The molecule has 0 atom stereocenters. The maximum Gasteiger partial charge on any atom is 0.257 e. The summed E-state index contributed by atoms with van der Waals surface area (Å²) in [6.45, 7) is 4.80. The van der Waals surface area contributed by atoms with Gasteiger partial charge in [-0.25, -0.2) is 9.67 Å². The minimum Gasteiger partial charge on any atom is -0.470 e. The summed E-state index contributed by atoms with van der Waals surface area (Å²) in [5, 5.41) is 8.53. The fourth-order valence-electron chi connectivity index (χ4n) is 3.45. The number of nitrogens with zero attached hydrogens (tertiary/aromatic N) is 7. The molecule has 1 aliphatic heterocycles. The first-order valence-corrected chi connectivity index (χ1v) is 9.33. The molecule has 4 heterocycles. The second-order valence-corrected chi connectivity index (χ2v) is 7.05. The summed E-state index contributed by atoms with van der Waals surface area (Å²) in [6, 6.07) is 11.6. The molecule has 0 radical (unpaired) electrons. The van der Waals surface area contributed by atoms with Gasteiger partial charge in [0.05, 0.1) is 36.2 Å². The standard InChI is InChI=1S/C20H19N7O2/c1-13-8-18(27-20(24-13)21-12-23-27)29-16-10-25(11-16)19(28)17-9-22-26(14(17)2)15-6-4-3-5-7-15/h3-9,12,16H,10-11H2,1-2H3. The van der Waals surface area contributed by atoms with Gasteiger partial charge in [-0.15, -0.1) is 0 Å². The lowest BCUT2D eigenvalue weighted by atomic mass is 10.1. The monoisotopic (exact) mass is 389 g/mol. The zero-order valence-electron chi connectivity index (χ0n) is 16.1. The van der Waals surface area contributed by atoms with E-state index in [-0.39, 0.29) is 12.0 Å². The molecule has 3 aromatic heterocycles. The fourth-order valence-corrected chi connectivity index (χ4v) is 3.45. The average molecular weight is 389 g/mol. The highest BCUT2D eigenvalue weighted by atomic mass is 16.5. The van der Waals surface area contributed by atoms with Crippen molar-refractivity contribution in [2.24, 2.45) is 0 Å². The number of aromatic nitrogens is 6. The Bertz CT molecular complexity index is 1190. The first kappa shape index (κ1) is 17.4. The van der Waals surface area contributed by atoms with Crippen molar-refractivity contribution < 1.29 is 9.53 Å². The van der Waals surface area contributed by atoms with Gasteiger partial charge in [-0.05, 0) is 26.0 Å². The lowest BCUT2D eigenvalue weighted by Crippen LogP contribution is -2.56. The van der Waals surface area contributed by atoms with E-state index >= 15 is 0 Å². The molecule has 1 aromatic carbocycles. The number of amides is 1. The van der Waals surface area contributed by atoms with Crippen LogP contribution in [0, 0.1) is 13.8 Å². The van der Waals surface area contributed by atoms with Crippen molar-refractivity contribution in [3.05, 3.63) is 65.9 Å². The number of carbonyl (C=O) groups excluding carboxylic acids is 1. The summed E-state index contributed by atoms with van der Waals surface area (Å²) in [6.07, 6.45) is 2.97. The highest BCUT2D eigenvalue weighted by Crippen LogP contribution is 2.22. The zero-order valence-corrected chi connectivity index (χ0v) is 16.1. The summed E-state index contributed by atoms with van der Waals surface area (Å²) >= 11 is 0. The molecule has 146 valence electrons. The summed E-state index contributed by atoms with van der Waals surface area (Å²) in [7, 11) is 0. The minimum absolute atomic E-state index is 0.0404. The maximum absolute atomic E-state index is 12.9. The molecule has 0 aliphatic carbocycles. The summed E-state index contributed by atoms with van der Waals surface area (Å²) < 4.78 is 9.37. The van der Waals surface area contributed by atoms with Gasteiger partial charge in [0.2, 0.25) is 5.88 Å². The first-order valence-electron chi connectivity index (χ1n) is 9.33. The normalized spacial score (nSPS) is 14.2. The van der Waals surface area contributed by atoms with Crippen LogP contribution in [0.25, 0.3) is 11.5 Å². The van der Waals surface area contributed by atoms with Crippen LogP contribution in [0.3, 0.4) is 0 Å². The SMILES string of the molecule is Cc1cc(OC2CN(C(=O)c3cnn(-c4ccccc4)c3C)C2)n2ncnc2n1. The first-order chi connectivity index (χ1) is 14.1. The Morgan fingerprint density at radius 2 is 1.93 bits per heavy atom. The van der Waals surface area contributed by atoms with Gasteiger partial charge in [0.25, 0.3) is 11.7 Å². The number of aryl methyl sites for hydroxylation is 1. The van der Waals surface area contributed by atoms with Crippen LogP contribution in [-0.2, 0) is 0 Å². The van der Waals surface area contributed by atoms with E-state index in [2.05, 4.69) is 20.2 Å². The number of ether oxygens (including phenoxy) is 1. The third-order valence-electron chi connectivity index (χ3n) is 5.01. The van der Waals surface area contributed by atoms with E-state index in [1.807, 2.05) is 50.2 Å². The number of hydrogen-bond donors (Lipinski definition) is 0. The highest BCUT2D eigenvalue weighted by molar-refractivity contribution is 5.95. The zero-order chi connectivity index (χ0) is 20.0. The number of fused-ring (bicyclic) bond motifs is 1. The number of likely N-dealkylation sites (tertiary alicyclic amines) is 1. The van der Waals surface area contributed by atoms with E-state index in [4.69, 9.17) is 4.74 Å². The molecular formula is C20H19N7O2. The van der Waals surface area contributed by atoms with Crippen LogP contribution in [-0.4, -0.2) is 59.4 Å². The molecule has 0 unspecified atom stereocenters. The number of benzene rings is 1. The van der Waals surface area contributed by atoms with Crippen molar-refractivity contribution in [1.29, 1.82) is 0 Å². The van der Waals surface area contributed by atoms with Crippen LogP contribution in [0.4, 0.5) is 0 Å². The molecule has 0 spiro atoms. The molecule has 1 aliphatic rings. The van der Waals surface area contributed by atoms with Crippen LogP contribution < -0.4 is 4.74 Å². The van der Waals surface area contributed by atoms with Crippen molar-refractivity contribution in [2.75, 3.05) is 13.1 Å². The Balaban J connectivity index is 1.28. The smallest absolute Gasteiger partial charge is 0.257 e. The van der Waals surface area contributed by atoms with E-state index in [0.717, 1.165) is 17.1 Å². The second-order valence-electron chi connectivity index (χ2n) is 7.05. The summed E-state index contributed by atoms with van der Waals surface area (Å²) in [5.74, 6) is 1.03. The lowest BCUT2D eigenvalue weighted by Gasteiger charge is -2.38. The van der Waals surface area contributed by atoms with Crippen LogP contribution in [0.5, 0.6) is 5.88 Å². The number of rotatable bonds is 4. The van der Waals surface area contributed by atoms with Crippen LogP contribution in [0.1, 0.15) is 21.7 Å². The molecule has 1 saturated heterocycles. The van der Waals surface area contributed by atoms with Crippen LogP contribution in [0.15, 0.2) is 48.9 Å². The van der Waals surface area contributed by atoms with Gasteiger partial charge in [-0.1, -0.05) is 18.2 Å². The average Bonchev–Trinajstić information content (AvgIpc) is 3.31. The van der Waals surface area contributed by atoms with Gasteiger partial charge in [0.1, 0.15) is 12.4 Å². The van der Waals surface area contributed by atoms with E-state index in [0.29, 0.717) is 30.3 Å². The quantitative estimate of drug-likeness (QED) is 0.529. The molecule has 4 aromatic rings. The largest absolute Gasteiger partial charge is 0.470 e. The molecule has 5 rings (SSSR count). The van der Waals surface area contributed by atoms with Gasteiger partial charge in [0.15, 0.2) is 0 Å². The summed E-state index contributed by atoms with van der Waals surface area (Å²) in [5.41, 5.74) is 3.15. The Kier molecular flexibility index (Phi) is 4.01. The van der Waals surface area contributed by atoms with E-state index in [1.165, 1.54) is 6.33 Å². The third-order valence-corrected chi connectivity index (χ3v) is 5.01. The van der Waals surface area contributed by atoms with Gasteiger partial charge >= 0.3 is 0 Å². The Morgan fingerprint density at radius 3 is 2.72 bits per heavy atom. The molecule has 9 heteroatoms. The summed E-state index contributed by atoms with van der Waals surface area (Å²) in [4.78, 5) is 23.1.